The van der Waals surface area contributed by atoms with E-state index in [1.807, 2.05) is 6.07 Å². The molecular weight excluding hydrogens is 202 g/mol. The summed E-state index contributed by atoms with van der Waals surface area (Å²) in [5.74, 6) is 0.162. The molecule has 16 heavy (non-hydrogen) atoms. The Hall–Kier alpha value is -1.06. The van der Waals surface area contributed by atoms with Crippen LogP contribution in [0.1, 0.15) is 37.4 Å². The zero-order chi connectivity index (χ0) is 11.6. The first-order valence-corrected chi connectivity index (χ1v) is 5.86. The Morgan fingerprint density at radius 3 is 2.44 bits per heavy atom. The van der Waals surface area contributed by atoms with Crippen LogP contribution in [0.15, 0.2) is 24.3 Å². The molecule has 0 radical (unpaired) electrons. The zero-order valence-corrected chi connectivity index (χ0v) is 9.39. The van der Waals surface area contributed by atoms with Crippen molar-refractivity contribution in [3.05, 3.63) is 29.8 Å². The number of para-hydroxylation sites is 1. The maximum atomic E-state index is 10.4. The van der Waals surface area contributed by atoms with Crippen LogP contribution in [0.4, 0.5) is 0 Å². The second-order valence-electron chi connectivity index (χ2n) is 4.73. The minimum Gasteiger partial charge on any atom is -0.508 e. The van der Waals surface area contributed by atoms with Crippen molar-refractivity contribution < 1.29 is 10.2 Å². The zero-order valence-electron chi connectivity index (χ0n) is 9.39. The highest BCUT2D eigenvalue weighted by Gasteiger charge is 2.40. The smallest absolute Gasteiger partial charge is 0.121 e. The number of rotatable bonds is 3. The fourth-order valence-electron chi connectivity index (χ4n) is 2.72. The highest BCUT2D eigenvalue weighted by molar-refractivity contribution is 5.35. The van der Waals surface area contributed by atoms with Gasteiger partial charge in [0.05, 0.1) is 6.10 Å². The van der Waals surface area contributed by atoms with Crippen molar-refractivity contribution in [2.45, 2.75) is 31.8 Å². The van der Waals surface area contributed by atoms with E-state index in [0.29, 0.717) is 12.1 Å². The molecule has 4 N–H and O–H groups in total. The van der Waals surface area contributed by atoms with Gasteiger partial charge in [-0.3, -0.25) is 0 Å². The first kappa shape index (κ1) is 11.4. The highest BCUT2D eigenvalue weighted by Crippen LogP contribution is 2.48. The molecule has 3 nitrogen and oxygen atoms in total. The van der Waals surface area contributed by atoms with Gasteiger partial charge in [0.2, 0.25) is 0 Å². The van der Waals surface area contributed by atoms with Gasteiger partial charge in [-0.1, -0.05) is 31.0 Å². The van der Waals surface area contributed by atoms with Crippen molar-refractivity contribution >= 4 is 0 Å². The number of hydrogen-bond acceptors (Lipinski definition) is 3. The van der Waals surface area contributed by atoms with E-state index in [9.17, 15) is 10.2 Å². The van der Waals surface area contributed by atoms with Gasteiger partial charge in [0.15, 0.2) is 0 Å². The summed E-state index contributed by atoms with van der Waals surface area (Å²) in [5, 5.41) is 20.2. The monoisotopic (exact) mass is 221 g/mol. The number of benzene rings is 1. The number of aliphatic hydroxyl groups is 1. The largest absolute Gasteiger partial charge is 0.508 e. The predicted octanol–water partition coefficient (Wildman–Crippen LogP) is 1.94. The van der Waals surface area contributed by atoms with E-state index >= 15 is 0 Å². The summed E-state index contributed by atoms with van der Waals surface area (Å²) in [7, 11) is 0. The van der Waals surface area contributed by atoms with Crippen molar-refractivity contribution in [1.29, 1.82) is 0 Å². The lowest BCUT2D eigenvalue weighted by molar-refractivity contribution is 0.0315. The molecule has 1 saturated carbocycles. The van der Waals surface area contributed by atoms with Gasteiger partial charge in [0.1, 0.15) is 5.75 Å². The molecule has 1 aliphatic rings. The molecule has 2 rings (SSSR count). The van der Waals surface area contributed by atoms with Gasteiger partial charge in [-0.05, 0) is 18.9 Å². The predicted molar refractivity (Wildman–Crippen MR) is 63.0 cm³/mol. The maximum absolute atomic E-state index is 10.4. The van der Waals surface area contributed by atoms with Crippen molar-refractivity contribution in [2.24, 2.45) is 11.1 Å². The number of nitrogens with two attached hydrogens (primary N) is 1. The van der Waals surface area contributed by atoms with Crippen LogP contribution in [0.5, 0.6) is 5.75 Å². The molecule has 1 fully saturated rings. The fourth-order valence-corrected chi connectivity index (χ4v) is 2.72. The van der Waals surface area contributed by atoms with Gasteiger partial charge < -0.3 is 15.9 Å². The van der Waals surface area contributed by atoms with E-state index in [4.69, 9.17) is 5.73 Å². The summed E-state index contributed by atoms with van der Waals surface area (Å²) in [6.07, 6.45) is 3.46. The molecule has 1 aromatic carbocycles. The van der Waals surface area contributed by atoms with Gasteiger partial charge in [0, 0.05) is 17.5 Å². The molecule has 0 bridgehead atoms. The van der Waals surface area contributed by atoms with Crippen molar-refractivity contribution in [1.82, 2.24) is 0 Å². The lowest BCUT2D eigenvalue weighted by Crippen LogP contribution is -2.34. The number of aromatic hydroxyl groups is 1. The third-order valence-electron chi connectivity index (χ3n) is 3.82. The Labute approximate surface area is 95.9 Å². The van der Waals surface area contributed by atoms with E-state index in [1.54, 1.807) is 18.2 Å². The minimum atomic E-state index is -0.652. The highest BCUT2D eigenvalue weighted by atomic mass is 16.3. The molecular formula is C13H19NO2. The van der Waals surface area contributed by atoms with Crippen LogP contribution in [-0.4, -0.2) is 16.8 Å². The topological polar surface area (TPSA) is 66.5 Å². The molecule has 0 aliphatic heterocycles. The summed E-state index contributed by atoms with van der Waals surface area (Å²) < 4.78 is 0. The Morgan fingerprint density at radius 2 is 1.88 bits per heavy atom. The van der Waals surface area contributed by atoms with Gasteiger partial charge in [0.25, 0.3) is 0 Å². The van der Waals surface area contributed by atoms with Gasteiger partial charge in [-0.2, -0.15) is 0 Å². The van der Waals surface area contributed by atoms with E-state index < -0.39 is 6.10 Å². The van der Waals surface area contributed by atoms with Crippen molar-refractivity contribution in [3.63, 3.8) is 0 Å². The van der Waals surface area contributed by atoms with Crippen molar-refractivity contribution in [3.8, 4) is 5.75 Å². The molecule has 1 atom stereocenters. The van der Waals surface area contributed by atoms with E-state index in [0.717, 1.165) is 25.7 Å². The number of phenolic OH excluding ortho intramolecular Hbond substituents is 1. The van der Waals surface area contributed by atoms with Crippen molar-refractivity contribution in [2.75, 3.05) is 6.54 Å². The third-order valence-corrected chi connectivity index (χ3v) is 3.82. The first-order chi connectivity index (χ1) is 7.69. The van der Waals surface area contributed by atoms with Gasteiger partial charge in [-0.25, -0.2) is 0 Å². The average Bonchev–Trinajstić information content (AvgIpc) is 2.78. The summed E-state index contributed by atoms with van der Waals surface area (Å²) in [6, 6.07) is 6.97. The second-order valence-corrected chi connectivity index (χ2v) is 4.73. The fraction of sp³-hybridized carbons (Fsp3) is 0.538. The van der Waals surface area contributed by atoms with E-state index in [-0.39, 0.29) is 11.2 Å². The first-order valence-electron chi connectivity index (χ1n) is 5.86. The molecule has 3 heteroatoms. The molecule has 1 aliphatic carbocycles. The summed E-state index contributed by atoms with van der Waals surface area (Å²) in [4.78, 5) is 0. The molecule has 0 spiro atoms. The number of phenols is 1. The Kier molecular flexibility index (Phi) is 3.17. The maximum Gasteiger partial charge on any atom is 0.121 e. The van der Waals surface area contributed by atoms with Crippen LogP contribution >= 0.6 is 0 Å². The normalized spacial score (nSPS) is 20.9. The van der Waals surface area contributed by atoms with Gasteiger partial charge in [-0.15, -0.1) is 0 Å². The minimum absolute atomic E-state index is 0.162. The van der Waals surface area contributed by atoms with Crippen LogP contribution in [0, 0.1) is 5.41 Å². The third kappa shape index (κ3) is 1.81. The van der Waals surface area contributed by atoms with Crippen LogP contribution in [0.25, 0.3) is 0 Å². The van der Waals surface area contributed by atoms with Crippen LogP contribution in [0.3, 0.4) is 0 Å². The summed E-state index contributed by atoms with van der Waals surface area (Å²) >= 11 is 0. The van der Waals surface area contributed by atoms with E-state index in [2.05, 4.69) is 0 Å². The Balaban J connectivity index is 2.30. The van der Waals surface area contributed by atoms with Crippen LogP contribution < -0.4 is 5.73 Å². The molecule has 0 aromatic heterocycles. The van der Waals surface area contributed by atoms with E-state index in [1.165, 1.54) is 0 Å². The lowest BCUT2D eigenvalue weighted by atomic mass is 9.77. The molecule has 1 unspecified atom stereocenters. The molecule has 0 amide bonds. The van der Waals surface area contributed by atoms with Gasteiger partial charge >= 0.3 is 0 Å². The molecule has 1 aromatic rings. The second kappa shape index (κ2) is 4.44. The van der Waals surface area contributed by atoms with Crippen LogP contribution in [0.2, 0.25) is 0 Å². The Bertz CT molecular complexity index is 359. The molecule has 88 valence electrons. The molecule has 0 saturated heterocycles. The molecule has 0 heterocycles. The Morgan fingerprint density at radius 1 is 1.25 bits per heavy atom. The SMILES string of the molecule is NCC1(C(O)c2ccccc2O)CCCC1. The standard InChI is InChI=1S/C13H19NO2/c14-9-13(7-3-4-8-13)12(16)10-5-1-2-6-11(10)15/h1-2,5-6,12,15-16H,3-4,7-9,14H2. The quantitative estimate of drug-likeness (QED) is 0.730. The number of aliphatic hydroxyl groups excluding tert-OH is 1. The van der Waals surface area contributed by atoms with Crippen LogP contribution in [-0.2, 0) is 0 Å². The lowest BCUT2D eigenvalue weighted by Gasteiger charge is -2.33. The summed E-state index contributed by atoms with van der Waals surface area (Å²) in [6.45, 7) is 0.475. The summed E-state index contributed by atoms with van der Waals surface area (Å²) in [5.41, 5.74) is 6.18. The number of hydrogen-bond donors (Lipinski definition) is 3. The average molecular weight is 221 g/mol.